The summed E-state index contributed by atoms with van der Waals surface area (Å²) in [6.45, 7) is 8.62. The highest BCUT2D eigenvalue weighted by atomic mass is 16.5. The van der Waals surface area contributed by atoms with Crippen LogP contribution in [-0.2, 0) is 9.47 Å². The topological polar surface area (TPSA) is 68.7 Å². The van der Waals surface area contributed by atoms with E-state index in [1.807, 2.05) is 13.0 Å². The SMILES string of the molecule is COCCOc1cc(NCCCN2CCOCC2)nc(C)n1. The van der Waals surface area contributed by atoms with Gasteiger partial charge in [0.05, 0.1) is 19.8 Å². The fourth-order valence-electron chi connectivity index (χ4n) is 2.28. The fourth-order valence-corrected chi connectivity index (χ4v) is 2.28. The minimum atomic E-state index is 0.490. The number of methoxy groups -OCH3 is 1. The summed E-state index contributed by atoms with van der Waals surface area (Å²) in [6, 6.07) is 1.83. The van der Waals surface area contributed by atoms with E-state index < -0.39 is 0 Å². The molecule has 0 radical (unpaired) electrons. The van der Waals surface area contributed by atoms with Gasteiger partial charge in [0.1, 0.15) is 18.2 Å². The van der Waals surface area contributed by atoms with E-state index in [1.165, 1.54) is 0 Å². The predicted molar refractivity (Wildman–Crippen MR) is 84.5 cm³/mol. The van der Waals surface area contributed by atoms with E-state index in [0.717, 1.165) is 51.6 Å². The Morgan fingerprint density at radius 3 is 2.86 bits per heavy atom. The van der Waals surface area contributed by atoms with Gasteiger partial charge in [0, 0.05) is 32.8 Å². The van der Waals surface area contributed by atoms with Crippen LogP contribution in [0.15, 0.2) is 6.07 Å². The Labute approximate surface area is 132 Å². The zero-order chi connectivity index (χ0) is 15.6. The van der Waals surface area contributed by atoms with Gasteiger partial charge in [-0.25, -0.2) is 4.98 Å². The van der Waals surface area contributed by atoms with Crippen LogP contribution in [0, 0.1) is 6.92 Å². The first-order valence-electron chi connectivity index (χ1n) is 7.79. The van der Waals surface area contributed by atoms with Gasteiger partial charge in [0.25, 0.3) is 0 Å². The summed E-state index contributed by atoms with van der Waals surface area (Å²) < 4.78 is 15.8. The van der Waals surface area contributed by atoms with Crippen molar-refractivity contribution in [3.05, 3.63) is 11.9 Å². The Bertz CT molecular complexity index is 439. The first kappa shape index (κ1) is 16.9. The van der Waals surface area contributed by atoms with E-state index >= 15 is 0 Å². The highest BCUT2D eigenvalue weighted by Crippen LogP contribution is 2.13. The molecule has 0 aliphatic carbocycles. The quantitative estimate of drug-likeness (QED) is 0.681. The fraction of sp³-hybridized carbons (Fsp3) is 0.733. The number of nitrogens with one attached hydrogen (secondary N) is 1. The van der Waals surface area contributed by atoms with Gasteiger partial charge in [-0.05, 0) is 19.9 Å². The number of nitrogens with zero attached hydrogens (tertiary/aromatic N) is 3. The van der Waals surface area contributed by atoms with Crippen molar-refractivity contribution in [3.8, 4) is 5.88 Å². The summed E-state index contributed by atoms with van der Waals surface area (Å²) in [6.07, 6.45) is 1.07. The van der Waals surface area contributed by atoms with Crippen LogP contribution in [0.25, 0.3) is 0 Å². The maximum atomic E-state index is 5.53. The number of anilines is 1. The lowest BCUT2D eigenvalue weighted by molar-refractivity contribution is 0.0378. The first-order chi connectivity index (χ1) is 10.8. The Balaban J connectivity index is 1.71. The summed E-state index contributed by atoms with van der Waals surface area (Å²) in [5.74, 6) is 2.09. The molecular formula is C15H26N4O3. The van der Waals surface area contributed by atoms with E-state index in [0.29, 0.717) is 24.9 Å². The van der Waals surface area contributed by atoms with E-state index in [1.54, 1.807) is 7.11 Å². The lowest BCUT2D eigenvalue weighted by atomic mass is 10.3. The summed E-state index contributed by atoms with van der Waals surface area (Å²) in [5, 5.41) is 3.34. The van der Waals surface area contributed by atoms with E-state index in [2.05, 4.69) is 20.2 Å². The van der Waals surface area contributed by atoms with E-state index in [-0.39, 0.29) is 0 Å². The zero-order valence-corrected chi connectivity index (χ0v) is 13.5. The molecule has 124 valence electrons. The first-order valence-corrected chi connectivity index (χ1v) is 7.79. The molecule has 7 heteroatoms. The Kier molecular flexibility index (Phi) is 7.35. The van der Waals surface area contributed by atoms with Crippen molar-refractivity contribution in [2.24, 2.45) is 0 Å². The number of hydrogen-bond donors (Lipinski definition) is 1. The van der Waals surface area contributed by atoms with Crippen LogP contribution in [0.3, 0.4) is 0 Å². The molecule has 1 aliphatic heterocycles. The average molecular weight is 310 g/mol. The van der Waals surface area contributed by atoms with Crippen LogP contribution < -0.4 is 10.1 Å². The molecule has 0 spiro atoms. The molecule has 0 amide bonds. The van der Waals surface area contributed by atoms with Gasteiger partial charge in [-0.3, -0.25) is 4.90 Å². The van der Waals surface area contributed by atoms with Crippen LogP contribution in [0.2, 0.25) is 0 Å². The van der Waals surface area contributed by atoms with E-state index in [9.17, 15) is 0 Å². The molecule has 1 fully saturated rings. The smallest absolute Gasteiger partial charge is 0.218 e. The summed E-state index contributed by atoms with van der Waals surface area (Å²) in [4.78, 5) is 11.1. The Morgan fingerprint density at radius 1 is 1.27 bits per heavy atom. The normalized spacial score (nSPS) is 15.7. The minimum absolute atomic E-state index is 0.490. The van der Waals surface area contributed by atoms with Gasteiger partial charge in [-0.2, -0.15) is 4.98 Å². The molecule has 0 saturated carbocycles. The number of morpholine rings is 1. The molecule has 1 N–H and O–H groups in total. The second-order valence-corrected chi connectivity index (χ2v) is 5.21. The maximum absolute atomic E-state index is 5.53. The third-order valence-corrected chi connectivity index (χ3v) is 3.41. The van der Waals surface area contributed by atoms with Crippen molar-refractivity contribution in [3.63, 3.8) is 0 Å². The summed E-state index contributed by atoms with van der Waals surface area (Å²) >= 11 is 0. The number of ether oxygens (including phenoxy) is 3. The van der Waals surface area contributed by atoms with Crippen molar-refractivity contribution in [1.82, 2.24) is 14.9 Å². The largest absolute Gasteiger partial charge is 0.475 e. The Morgan fingerprint density at radius 2 is 2.09 bits per heavy atom. The summed E-state index contributed by atoms with van der Waals surface area (Å²) in [5.41, 5.74) is 0. The standard InChI is InChI=1S/C15H26N4O3/c1-13-17-14(12-15(18-13)22-11-10-20-2)16-4-3-5-19-6-8-21-9-7-19/h12H,3-11H2,1-2H3,(H,16,17,18). The maximum Gasteiger partial charge on any atom is 0.218 e. The number of aryl methyl sites for hydroxylation is 1. The second kappa shape index (κ2) is 9.55. The average Bonchev–Trinajstić information content (AvgIpc) is 2.52. The molecule has 1 aliphatic rings. The van der Waals surface area contributed by atoms with Crippen molar-refractivity contribution in [1.29, 1.82) is 0 Å². The van der Waals surface area contributed by atoms with Crippen LogP contribution in [-0.4, -0.2) is 74.6 Å². The van der Waals surface area contributed by atoms with Gasteiger partial charge >= 0.3 is 0 Å². The summed E-state index contributed by atoms with van der Waals surface area (Å²) in [7, 11) is 1.65. The molecule has 0 aromatic carbocycles. The highest BCUT2D eigenvalue weighted by molar-refractivity contribution is 5.38. The highest BCUT2D eigenvalue weighted by Gasteiger charge is 2.09. The number of aromatic nitrogens is 2. The van der Waals surface area contributed by atoms with Crippen LogP contribution in [0.4, 0.5) is 5.82 Å². The third kappa shape index (κ3) is 6.13. The van der Waals surface area contributed by atoms with Crippen LogP contribution >= 0.6 is 0 Å². The zero-order valence-electron chi connectivity index (χ0n) is 13.5. The molecule has 2 rings (SSSR count). The van der Waals surface area contributed by atoms with Gasteiger partial charge in [-0.15, -0.1) is 0 Å². The van der Waals surface area contributed by atoms with Crippen LogP contribution in [0.1, 0.15) is 12.2 Å². The van der Waals surface area contributed by atoms with Crippen molar-refractivity contribution >= 4 is 5.82 Å². The van der Waals surface area contributed by atoms with Crippen LogP contribution in [0.5, 0.6) is 5.88 Å². The molecule has 2 heterocycles. The van der Waals surface area contributed by atoms with Gasteiger partial charge in [-0.1, -0.05) is 0 Å². The third-order valence-electron chi connectivity index (χ3n) is 3.41. The molecular weight excluding hydrogens is 284 g/mol. The minimum Gasteiger partial charge on any atom is -0.475 e. The molecule has 1 saturated heterocycles. The van der Waals surface area contributed by atoms with E-state index in [4.69, 9.17) is 14.2 Å². The Hall–Kier alpha value is -1.44. The van der Waals surface area contributed by atoms with Gasteiger partial charge < -0.3 is 19.5 Å². The van der Waals surface area contributed by atoms with Crippen molar-refractivity contribution < 1.29 is 14.2 Å². The molecule has 7 nitrogen and oxygen atoms in total. The predicted octanol–water partition coefficient (Wildman–Crippen LogP) is 0.944. The number of rotatable bonds is 9. The van der Waals surface area contributed by atoms with Crippen molar-refractivity contribution in [2.75, 3.05) is 65.0 Å². The molecule has 0 bridgehead atoms. The molecule has 0 unspecified atom stereocenters. The lowest BCUT2D eigenvalue weighted by Gasteiger charge is -2.26. The molecule has 1 aromatic heterocycles. The van der Waals surface area contributed by atoms with Crippen molar-refractivity contribution in [2.45, 2.75) is 13.3 Å². The lowest BCUT2D eigenvalue weighted by Crippen LogP contribution is -2.37. The molecule has 22 heavy (non-hydrogen) atoms. The van der Waals surface area contributed by atoms with Gasteiger partial charge in [0.2, 0.25) is 5.88 Å². The second-order valence-electron chi connectivity index (χ2n) is 5.21. The number of hydrogen-bond acceptors (Lipinski definition) is 7. The molecule has 1 aromatic rings. The van der Waals surface area contributed by atoms with Gasteiger partial charge in [0.15, 0.2) is 0 Å². The monoisotopic (exact) mass is 310 g/mol. The molecule has 0 atom stereocenters.